The fraction of sp³-hybridized carbons (Fsp3) is 0.632. The largest absolute Gasteiger partial charge is 0.416 e. The minimum absolute atomic E-state index is 0.0249. The molecule has 162 valence electrons. The molecule has 10 heteroatoms. The van der Waals surface area contributed by atoms with Crippen molar-refractivity contribution in [2.45, 2.75) is 31.9 Å². The Balaban J connectivity index is 1.46. The standard InChI is InChI=1S/C19H26F3N3O3S/c20-19(21,22)16-5-3-6-17(15-16)23-10-12-24(13-11-23)18(26)7-4-14-29(27,28)25-8-1-2-9-25/h3,5-6,15H,1-2,4,7-14H2. The molecule has 29 heavy (non-hydrogen) atoms. The van der Waals surface area contributed by atoms with Crippen LogP contribution in [0.5, 0.6) is 0 Å². The van der Waals surface area contributed by atoms with Crippen LogP contribution in [-0.4, -0.2) is 68.6 Å². The molecule has 2 heterocycles. The van der Waals surface area contributed by atoms with Gasteiger partial charge in [0.1, 0.15) is 0 Å². The predicted octanol–water partition coefficient (Wildman–Crippen LogP) is 2.56. The molecule has 1 amide bonds. The molecule has 0 aromatic heterocycles. The lowest BCUT2D eigenvalue weighted by molar-refractivity contribution is -0.137. The van der Waals surface area contributed by atoms with Crippen molar-refractivity contribution in [3.05, 3.63) is 29.8 Å². The van der Waals surface area contributed by atoms with Crippen LogP contribution < -0.4 is 4.90 Å². The van der Waals surface area contributed by atoms with Crippen LogP contribution in [-0.2, 0) is 21.0 Å². The van der Waals surface area contributed by atoms with E-state index in [4.69, 9.17) is 0 Å². The van der Waals surface area contributed by atoms with Gasteiger partial charge in [-0.3, -0.25) is 4.79 Å². The Hall–Kier alpha value is -1.81. The van der Waals surface area contributed by atoms with E-state index >= 15 is 0 Å². The van der Waals surface area contributed by atoms with Crippen molar-refractivity contribution in [1.82, 2.24) is 9.21 Å². The molecule has 0 spiro atoms. The van der Waals surface area contributed by atoms with Gasteiger partial charge in [-0.1, -0.05) is 6.07 Å². The van der Waals surface area contributed by atoms with E-state index in [0.717, 1.165) is 25.0 Å². The highest BCUT2D eigenvalue weighted by Crippen LogP contribution is 2.31. The molecule has 2 fully saturated rings. The summed E-state index contributed by atoms with van der Waals surface area (Å²) in [6.45, 7) is 2.84. The van der Waals surface area contributed by atoms with Gasteiger partial charge in [0, 0.05) is 51.4 Å². The Morgan fingerprint density at radius 2 is 1.66 bits per heavy atom. The van der Waals surface area contributed by atoms with Crippen LogP contribution in [0, 0.1) is 0 Å². The number of piperazine rings is 1. The second-order valence-corrected chi connectivity index (χ2v) is 9.53. The van der Waals surface area contributed by atoms with Crippen molar-refractivity contribution in [3.63, 3.8) is 0 Å². The quantitative estimate of drug-likeness (QED) is 0.692. The zero-order chi connectivity index (χ0) is 21.1. The molecule has 3 rings (SSSR count). The van der Waals surface area contributed by atoms with Gasteiger partial charge in [0.2, 0.25) is 15.9 Å². The van der Waals surface area contributed by atoms with Crippen molar-refractivity contribution in [1.29, 1.82) is 0 Å². The van der Waals surface area contributed by atoms with Gasteiger partial charge >= 0.3 is 6.18 Å². The fourth-order valence-electron chi connectivity index (χ4n) is 3.75. The highest BCUT2D eigenvalue weighted by molar-refractivity contribution is 7.89. The average molecular weight is 433 g/mol. The molecular weight excluding hydrogens is 407 g/mol. The summed E-state index contributed by atoms with van der Waals surface area (Å²) in [6.07, 6.45) is -2.17. The molecule has 1 aromatic rings. The second-order valence-electron chi connectivity index (χ2n) is 7.44. The van der Waals surface area contributed by atoms with Crippen LogP contribution in [0.3, 0.4) is 0 Å². The zero-order valence-electron chi connectivity index (χ0n) is 16.2. The molecule has 0 N–H and O–H groups in total. The number of carbonyl (C=O) groups is 1. The van der Waals surface area contributed by atoms with Gasteiger partial charge in [-0.05, 0) is 37.5 Å². The van der Waals surface area contributed by atoms with Gasteiger partial charge in [-0.25, -0.2) is 12.7 Å². The van der Waals surface area contributed by atoms with Crippen molar-refractivity contribution in [3.8, 4) is 0 Å². The Morgan fingerprint density at radius 1 is 1.00 bits per heavy atom. The van der Waals surface area contributed by atoms with Gasteiger partial charge in [0.15, 0.2) is 0 Å². The Labute approximate surface area is 169 Å². The summed E-state index contributed by atoms with van der Waals surface area (Å²) in [4.78, 5) is 15.9. The summed E-state index contributed by atoms with van der Waals surface area (Å²) in [5.74, 6) is -0.131. The van der Waals surface area contributed by atoms with E-state index < -0.39 is 21.8 Å². The van der Waals surface area contributed by atoms with Crippen LogP contribution in [0.1, 0.15) is 31.2 Å². The van der Waals surface area contributed by atoms with E-state index in [0.29, 0.717) is 45.0 Å². The summed E-state index contributed by atoms with van der Waals surface area (Å²) in [7, 11) is -3.28. The number of alkyl halides is 3. The van der Waals surface area contributed by atoms with Crippen molar-refractivity contribution in [2.24, 2.45) is 0 Å². The van der Waals surface area contributed by atoms with E-state index in [-0.39, 0.29) is 24.5 Å². The van der Waals surface area contributed by atoms with Gasteiger partial charge < -0.3 is 9.80 Å². The van der Waals surface area contributed by atoms with Crippen molar-refractivity contribution < 1.29 is 26.4 Å². The highest BCUT2D eigenvalue weighted by atomic mass is 32.2. The normalized spacial score (nSPS) is 19.0. The molecule has 0 radical (unpaired) electrons. The van der Waals surface area contributed by atoms with Crippen LogP contribution in [0.4, 0.5) is 18.9 Å². The number of hydrogen-bond donors (Lipinski definition) is 0. The van der Waals surface area contributed by atoms with Crippen LogP contribution in [0.15, 0.2) is 24.3 Å². The van der Waals surface area contributed by atoms with Crippen LogP contribution in [0.2, 0.25) is 0 Å². The molecule has 2 aliphatic rings. The van der Waals surface area contributed by atoms with E-state index in [1.807, 2.05) is 4.90 Å². The molecule has 0 bridgehead atoms. The van der Waals surface area contributed by atoms with Crippen LogP contribution >= 0.6 is 0 Å². The molecule has 1 aromatic carbocycles. The minimum Gasteiger partial charge on any atom is -0.368 e. The fourth-order valence-corrected chi connectivity index (χ4v) is 5.33. The van der Waals surface area contributed by atoms with Crippen molar-refractivity contribution in [2.75, 3.05) is 49.9 Å². The maximum atomic E-state index is 12.9. The number of benzene rings is 1. The molecule has 2 saturated heterocycles. The molecule has 2 aliphatic heterocycles. The van der Waals surface area contributed by atoms with Crippen molar-refractivity contribution >= 4 is 21.6 Å². The summed E-state index contributed by atoms with van der Waals surface area (Å²) >= 11 is 0. The summed E-state index contributed by atoms with van der Waals surface area (Å²) in [5.41, 5.74) is -0.198. The third kappa shape index (κ3) is 5.63. The van der Waals surface area contributed by atoms with Gasteiger partial charge in [0.25, 0.3) is 0 Å². The molecule has 0 aliphatic carbocycles. The number of hydrogen-bond acceptors (Lipinski definition) is 4. The van der Waals surface area contributed by atoms with Gasteiger partial charge in [-0.2, -0.15) is 13.2 Å². The maximum absolute atomic E-state index is 12.9. The smallest absolute Gasteiger partial charge is 0.368 e. The molecule has 0 saturated carbocycles. The first-order valence-electron chi connectivity index (χ1n) is 9.85. The van der Waals surface area contributed by atoms with Crippen LogP contribution in [0.25, 0.3) is 0 Å². The van der Waals surface area contributed by atoms with Gasteiger partial charge in [-0.15, -0.1) is 0 Å². The SMILES string of the molecule is O=C(CCCS(=O)(=O)N1CCCC1)N1CCN(c2cccc(C(F)(F)F)c2)CC1. The summed E-state index contributed by atoms with van der Waals surface area (Å²) < 4.78 is 64.6. The monoisotopic (exact) mass is 433 g/mol. The number of rotatable bonds is 6. The Kier molecular flexibility index (Phi) is 6.72. The molecule has 6 nitrogen and oxygen atoms in total. The first-order valence-corrected chi connectivity index (χ1v) is 11.5. The van der Waals surface area contributed by atoms with E-state index in [1.54, 1.807) is 11.0 Å². The number of sulfonamides is 1. The number of anilines is 1. The average Bonchev–Trinajstić information content (AvgIpc) is 3.23. The lowest BCUT2D eigenvalue weighted by Gasteiger charge is -2.36. The second kappa shape index (κ2) is 8.91. The third-order valence-corrected chi connectivity index (χ3v) is 7.38. The number of carbonyl (C=O) groups excluding carboxylic acids is 1. The topological polar surface area (TPSA) is 60.9 Å². The van der Waals surface area contributed by atoms with E-state index in [1.165, 1.54) is 10.4 Å². The molecular formula is C19H26F3N3O3S. The summed E-state index contributed by atoms with van der Waals surface area (Å²) in [5, 5.41) is 0. The predicted molar refractivity (Wildman–Crippen MR) is 104 cm³/mol. The number of halogens is 3. The number of amides is 1. The zero-order valence-corrected chi connectivity index (χ0v) is 17.0. The highest BCUT2D eigenvalue weighted by Gasteiger charge is 2.31. The summed E-state index contributed by atoms with van der Waals surface area (Å²) in [6, 6.07) is 5.19. The van der Waals surface area contributed by atoms with E-state index in [2.05, 4.69) is 0 Å². The Morgan fingerprint density at radius 3 is 2.28 bits per heavy atom. The first kappa shape index (κ1) is 21.9. The maximum Gasteiger partial charge on any atom is 0.416 e. The molecule has 0 unspecified atom stereocenters. The van der Waals surface area contributed by atoms with Gasteiger partial charge in [0.05, 0.1) is 11.3 Å². The molecule has 0 atom stereocenters. The third-order valence-electron chi connectivity index (χ3n) is 5.42. The number of nitrogens with zero attached hydrogens (tertiary/aromatic N) is 3. The van der Waals surface area contributed by atoms with E-state index in [9.17, 15) is 26.4 Å². The first-order chi connectivity index (χ1) is 13.7. The lowest BCUT2D eigenvalue weighted by Crippen LogP contribution is -2.48. The minimum atomic E-state index is -4.39. The lowest BCUT2D eigenvalue weighted by atomic mass is 10.1. The Bertz CT molecular complexity index is 815.